The van der Waals surface area contributed by atoms with E-state index in [-0.39, 0.29) is 12.2 Å². The van der Waals surface area contributed by atoms with Crippen LogP contribution in [0, 0.1) is 17.5 Å². The number of nitrogens with one attached hydrogen (secondary N) is 1. The Balaban J connectivity index is 1.80. The first kappa shape index (κ1) is 13.4. The van der Waals surface area contributed by atoms with Crippen molar-refractivity contribution in [3.05, 3.63) is 65.7 Å². The maximum absolute atomic E-state index is 13.1. The summed E-state index contributed by atoms with van der Waals surface area (Å²) in [4.78, 5) is 8.60. The molecule has 0 aliphatic heterocycles. The Hall–Kier alpha value is -2.63. The van der Waals surface area contributed by atoms with E-state index in [0.717, 1.165) is 23.2 Å². The molecule has 3 nitrogen and oxygen atoms in total. The highest BCUT2D eigenvalue weighted by atomic mass is 19.2. The van der Waals surface area contributed by atoms with Crippen LogP contribution in [-0.2, 0) is 6.54 Å². The van der Waals surface area contributed by atoms with Crippen molar-refractivity contribution in [3.63, 3.8) is 0 Å². The van der Waals surface area contributed by atoms with Gasteiger partial charge in [-0.3, -0.25) is 4.98 Å². The third-order valence-corrected chi connectivity index (χ3v) is 2.96. The molecule has 1 heterocycles. The van der Waals surface area contributed by atoms with Gasteiger partial charge in [0.25, 0.3) is 0 Å². The molecule has 3 aromatic rings. The van der Waals surface area contributed by atoms with Crippen LogP contribution in [0.25, 0.3) is 11.0 Å². The molecule has 2 aromatic carbocycles. The number of nitrogens with zero attached hydrogens (tertiary/aromatic N) is 2. The lowest BCUT2D eigenvalue weighted by molar-refractivity contribution is 0.447. The van der Waals surface area contributed by atoms with E-state index in [4.69, 9.17) is 0 Å². The van der Waals surface area contributed by atoms with Crippen molar-refractivity contribution < 1.29 is 13.2 Å². The molecule has 1 N–H and O–H groups in total. The maximum Gasteiger partial charge on any atom is 0.194 e. The fourth-order valence-corrected chi connectivity index (χ4v) is 1.93. The van der Waals surface area contributed by atoms with Gasteiger partial charge in [0.2, 0.25) is 0 Å². The van der Waals surface area contributed by atoms with Crippen molar-refractivity contribution in [1.82, 2.24) is 9.97 Å². The number of aromatic nitrogens is 2. The van der Waals surface area contributed by atoms with Gasteiger partial charge in [-0.1, -0.05) is 12.1 Å². The predicted octanol–water partition coefficient (Wildman–Crippen LogP) is 3.66. The lowest BCUT2D eigenvalue weighted by Crippen LogP contribution is -2.04. The van der Waals surface area contributed by atoms with Crippen LogP contribution in [0.5, 0.6) is 0 Å². The van der Waals surface area contributed by atoms with Crippen LogP contribution in [-0.4, -0.2) is 9.97 Å². The Morgan fingerprint density at radius 2 is 1.62 bits per heavy atom. The summed E-state index contributed by atoms with van der Waals surface area (Å²) in [5.41, 5.74) is 2.24. The van der Waals surface area contributed by atoms with Crippen LogP contribution in [0.1, 0.15) is 5.69 Å². The first-order chi connectivity index (χ1) is 10.1. The van der Waals surface area contributed by atoms with Crippen LogP contribution < -0.4 is 5.32 Å². The zero-order chi connectivity index (χ0) is 14.8. The summed E-state index contributed by atoms with van der Waals surface area (Å²) >= 11 is 0. The van der Waals surface area contributed by atoms with Crippen molar-refractivity contribution in [2.75, 3.05) is 5.32 Å². The molecule has 0 aliphatic rings. The molecule has 0 amide bonds. The average Bonchev–Trinajstić information content (AvgIpc) is 2.50. The molecule has 6 heteroatoms. The first-order valence-corrected chi connectivity index (χ1v) is 6.22. The summed E-state index contributed by atoms with van der Waals surface area (Å²) in [5.74, 6) is -3.95. The molecular weight excluding hydrogens is 279 g/mol. The quantitative estimate of drug-likeness (QED) is 0.748. The normalized spacial score (nSPS) is 10.8. The smallest absolute Gasteiger partial charge is 0.194 e. The van der Waals surface area contributed by atoms with Gasteiger partial charge in [-0.25, -0.2) is 18.2 Å². The molecule has 3 rings (SSSR count). The summed E-state index contributed by atoms with van der Waals surface area (Å²) in [6.45, 7) is 0.225. The monoisotopic (exact) mass is 289 g/mol. The van der Waals surface area contributed by atoms with Crippen molar-refractivity contribution in [2.45, 2.75) is 6.54 Å². The third-order valence-electron chi connectivity index (χ3n) is 2.96. The highest BCUT2D eigenvalue weighted by Gasteiger charge is 2.10. The van der Waals surface area contributed by atoms with Gasteiger partial charge < -0.3 is 5.32 Å². The van der Waals surface area contributed by atoms with Gasteiger partial charge in [-0.15, -0.1) is 0 Å². The Bertz CT molecular complexity index is 782. The van der Waals surface area contributed by atoms with E-state index in [1.165, 1.54) is 0 Å². The van der Waals surface area contributed by atoms with Crippen LogP contribution in [0.2, 0.25) is 0 Å². The summed E-state index contributed by atoms with van der Waals surface area (Å²) in [6, 6.07) is 9.16. The molecule has 1 aromatic heterocycles. The van der Waals surface area contributed by atoms with E-state index >= 15 is 0 Å². The van der Waals surface area contributed by atoms with Crippen LogP contribution in [0.4, 0.5) is 18.9 Å². The molecule has 0 bridgehead atoms. The lowest BCUT2D eigenvalue weighted by atomic mass is 10.2. The SMILES string of the molecule is Fc1cc(NCc2cnc3ccccc3n2)cc(F)c1F. The van der Waals surface area contributed by atoms with E-state index in [9.17, 15) is 13.2 Å². The van der Waals surface area contributed by atoms with Crippen molar-refractivity contribution in [1.29, 1.82) is 0 Å². The van der Waals surface area contributed by atoms with E-state index in [1.54, 1.807) is 6.20 Å². The second-order valence-corrected chi connectivity index (χ2v) is 4.46. The minimum Gasteiger partial charge on any atom is -0.379 e. The number of fused-ring (bicyclic) bond motifs is 1. The number of halogens is 3. The standard InChI is InChI=1S/C15H10F3N3/c16-11-5-9(6-12(17)15(11)18)19-7-10-8-20-13-3-1-2-4-14(13)21-10/h1-6,8,19H,7H2. The molecule has 0 spiro atoms. The average molecular weight is 289 g/mol. The van der Waals surface area contributed by atoms with Gasteiger partial charge in [0.1, 0.15) is 0 Å². The Kier molecular flexibility index (Phi) is 3.43. The van der Waals surface area contributed by atoms with Gasteiger partial charge >= 0.3 is 0 Å². The molecule has 106 valence electrons. The second-order valence-electron chi connectivity index (χ2n) is 4.46. The second kappa shape index (κ2) is 5.40. The Labute approximate surface area is 118 Å². The van der Waals surface area contributed by atoms with Gasteiger partial charge in [-0.2, -0.15) is 0 Å². The van der Waals surface area contributed by atoms with Gasteiger partial charge in [0, 0.05) is 17.8 Å². The third kappa shape index (κ3) is 2.79. The number of hydrogen-bond acceptors (Lipinski definition) is 3. The van der Waals surface area contributed by atoms with Crippen LogP contribution in [0.3, 0.4) is 0 Å². The molecule has 21 heavy (non-hydrogen) atoms. The Morgan fingerprint density at radius 3 is 2.33 bits per heavy atom. The van der Waals surface area contributed by atoms with Gasteiger partial charge in [-0.05, 0) is 12.1 Å². The van der Waals surface area contributed by atoms with Crippen LogP contribution in [0.15, 0.2) is 42.6 Å². The van der Waals surface area contributed by atoms with Crippen LogP contribution >= 0.6 is 0 Å². The highest BCUT2D eigenvalue weighted by molar-refractivity contribution is 5.73. The molecule has 0 radical (unpaired) electrons. The van der Waals surface area contributed by atoms with E-state index in [1.807, 2.05) is 24.3 Å². The fraction of sp³-hybridized carbons (Fsp3) is 0.0667. The summed E-state index contributed by atoms with van der Waals surface area (Å²) in [7, 11) is 0. The van der Waals surface area contributed by atoms with Crippen molar-refractivity contribution in [3.8, 4) is 0 Å². The summed E-state index contributed by atoms with van der Waals surface area (Å²) < 4.78 is 39.0. The summed E-state index contributed by atoms with van der Waals surface area (Å²) in [5, 5.41) is 2.79. The van der Waals surface area contributed by atoms with Crippen molar-refractivity contribution in [2.24, 2.45) is 0 Å². The number of rotatable bonds is 3. The molecule has 0 unspecified atom stereocenters. The Morgan fingerprint density at radius 1 is 0.952 bits per heavy atom. The largest absolute Gasteiger partial charge is 0.379 e. The zero-order valence-electron chi connectivity index (χ0n) is 10.8. The molecule has 0 saturated heterocycles. The zero-order valence-corrected chi connectivity index (χ0v) is 10.8. The molecule has 0 aliphatic carbocycles. The number of hydrogen-bond donors (Lipinski definition) is 1. The number of para-hydroxylation sites is 2. The minimum absolute atomic E-state index is 0.140. The van der Waals surface area contributed by atoms with E-state index in [0.29, 0.717) is 5.69 Å². The number of anilines is 1. The lowest BCUT2D eigenvalue weighted by Gasteiger charge is -2.07. The minimum atomic E-state index is -1.48. The highest BCUT2D eigenvalue weighted by Crippen LogP contribution is 2.18. The molecule has 0 saturated carbocycles. The van der Waals surface area contributed by atoms with E-state index < -0.39 is 17.5 Å². The molecule has 0 atom stereocenters. The predicted molar refractivity (Wildman–Crippen MR) is 73.2 cm³/mol. The first-order valence-electron chi connectivity index (χ1n) is 6.22. The molecular formula is C15H10F3N3. The fourth-order valence-electron chi connectivity index (χ4n) is 1.93. The van der Waals surface area contributed by atoms with E-state index in [2.05, 4.69) is 15.3 Å². The maximum atomic E-state index is 13.1. The topological polar surface area (TPSA) is 37.8 Å². The number of benzene rings is 2. The molecule has 0 fully saturated rings. The van der Waals surface area contributed by atoms with Gasteiger partial charge in [0.05, 0.1) is 29.5 Å². The van der Waals surface area contributed by atoms with Gasteiger partial charge in [0.15, 0.2) is 17.5 Å². The van der Waals surface area contributed by atoms with Crippen molar-refractivity contribution >= 4 is 16.7 Å². The summed E-state index contributed by atoms with van der Waals surface area (Å²) in [6.07, 6.45) is 1.57.